The molecule has 1 atom stereocenters. The molecule has 18 heavy (non-hydrogen) atoms. The van der Waals surface area contributed by atoms with Gasteiger partial charge in [0.1, 0.15) is 0 Å². The van der Waals surface area contributed by atoms with Crippen LogP contribution in [0.1, 0.15) is 33.6 Å². The molecule has 0 fully saturated rings. The minimum absolute atomic E-state index is 0.222. The minimum Gasteiger partial charge on any atom is -0.466 e. The van der Waals surface area contributed by atoms with E-state index < -0.39 is 0 Å². The van der Waals surface area contributed by atoms with E-state index in [9.17, 15) is 4.79 Å². The van der Waals surface area contributed by atoms with E-state index in [0.29, 0.717) is 46.1 Å². The van der Waals surface area contributed by atoms with Crippen molar-refractivity contribution in [3.63, 3.8) is 0 Å². The van der Waals surface area contributed by atoms with Crippen molar-refractivity contribution in [1.82, 2.24) is 0 Å². The summed E-state index contributed by atoms with van der Waals surface area (Å²) in [5, 5.41) is 0. The zero-order valence-corrected chi connectivity index (χ0v) is 11.8. The summed E-state index contributed by atoms with van der Waals surface area (Å²) >= 11 is 0. The van der Waals surface area contributed by atoms with Crippen LogP contribution in [0.25, 0.3) is 0 Å². The Balaban J connectivity index is 3.10. The first kappa shape index (κ1) is 17.4. The maximum atomic E-state index is 11.0. The van der Waals surface area contributed by atoms with E-state index in [0.717, 1.165) is 6.42 Å². The fourth-order valence-electron chi connectivity index (χ4n) is 1.14. The molecule has 0 N–H and O–H groups in total. The van der Waals surface area contributed by atoms with Crippen LogP contribution in [0.4, 0.5) is 0 Å². The van der Waals surface area contributed by atoms with Crippen LogP contribution < -0.4 is 0 Å². The fraction of sp³-hybridized carbons (Fsp3) is 0.923. The number of rotatable bonds is 12. The maximum absolute atomic E-state index is 11.0. The number of carbonyl (C=O) groups is 1. The molecule has 0 saturated heterocycles. The molecule has 0 aromatic carbocycles. The lowest BCUT2D eigenvalue weighted by Crippen LogP contribution is -2.14. The molecular formula is C13H26O5. The highest BCUT2D eigenvalue weighted by Crippen LogP contribution is 1.95. The Hall–Kier alpha value is -0.650. The van der Waals surface area contributed by atoms with Gasteiger partial charge in [-0.25, -0.2) is 0 Å². The van der Waals surface area contributed by atoms with Crippen LogP contribution in [-0.2, 0) is 23.7 Å². The largest absolute Gasteiger partial charge is 0.466 e. The number of ether oxygens (including phenoxy) is 4. The predicted octanol–water partition coefficient (Wildman–Crippen LogP) is 1.79. The van der Waals surface area contributed by atoms with Gasteiger partial charge in [-0.3, -0.25) is 4.79 Å². The molecular weight excluding hydrogens is 236 g/mol. The van der Waals surface area contributed by atoms with E-state index in [1.54, 1.807) is 6.92 Å². The summed E-state index contributed by atoms with van der Waals surface area (Å²) in [6.07, 6.45) is 1.59. The first-order chi connectivity index (χ1) is 8.70. The Morgan fingerprint density at radius 3 is 2.22 bits per heavy atom. The SMILES string of the molecule is CCOC(=O)CCOCCOCCOC(C)CC. The molecule has 0 aromatic rings. The first-order valence-corrected chi connectivity index (χ1v) is 6.63. The van der Waals surface area contributed by atoms with Crippen LogP contribution in [0.3, 0.4) is 0 Å². The third-order valence-electron chi connectivity index (χ3n) is 2.33. The molecule has 1 unspecified atom stereocenters. The smallest absolute Gasteiger partial charge is 0.308 e. The minimum atomic E-state index is -0.222. The lowest BCUT2D eigenvalue weighted by atomic mass is 10.3. The monoisotopic (exact) mass is 262 g/mol. The Labute approximate surface area is 110 Å². The average Bonchev–Trinajstić information content (AvgIpc) is 2.36. The number of esters is 1. The molecule has 0 amide bonds. The second-order valence-corrected chi connectivity index (χ2v) is 3.87. The second kappa shape index (κ2) is 12.8. The van der Waals surface area contributed by atoms with Gasteiger partial charge in [0.05, 0.1) is 52.2 Å². The maximum Gasteiger partial charge on any atom is 0.308 e. The van der Waals surface area contributed by atoms with Crippen molar-refractivity contribution in [1.29, 1.82) is 0 Å². The van der Waals surface area contributed by atoms with Crippen molar-refractivity contribution in [3.8, 4) is 0 Å². The topological polar surface area (TPSA) is 54.0 Å². The molecule has 0 rings (SSSR count). The standard InChI is InChI=1S/C13H26O5/c1-4-12(3)18-11-10-16-9-8-15-7-6-13(14)17-5-2/h12H,4-11H2,1-3H3. The summed E-state index contributed by atoms with van der Waals surface area (Å²) in [5.74, 6) is -0.222. The number of hydrogen-bond acceptors (Lipinski definition) is 5. The van der Waals surface area contributed by atoms with Crippen molar-refractivity contribution in [2.24, 2.45) is 0 Å². The molecule has 0 radical (unpaired) electrons. The van der Waals surface area contributed by atoms with E-state index in [-0.39, 0.29) is 12.1 Å². The van der Waals surface area contributed by atoms with Gasteiger partial charge in [-0.1, -0.05) is 6.92 Å². The van der Waals surface area contributed by atoms with Crippen molar-refractivity contribution < 1.29 is 23.7 Å². The third-order valence-corrected chi connectivity index (χ3v) is 2.33. The normalized spacial score (nSPS) is 12.4. The quantitative estimate of drug-likeness (QED) is 0.396. The molecule has 0 heterocycles. The Morgan fingerprint density at radius 2 is 1.61 bits per heavy atom. The first-order valence-electron chi connectivity index (χ1n) is 6.63. The number of carbonyl (C=O) groups excluding carboxylic acids is 1. The molecule has 0 spiro atoms. The highest BCUT2D eigenvalue weighted by Gasteiger charge is 2.01. The zero-order chi connectivity index (χ0) is 13.6. The third kappa shape index (κ3) is 11.8. The van der Waals surface area contributed by atoms with E-state index >= 15 is 0 Å². The highest BCUT2D eigenvalue weighted by atomic mass is 16.6. The van der Waals surface area contributed by atoms with Crippen LogP contribution in [0.15, 0.2) is 0 Å². The zero-order valence-electron chi connectivity index (χ0n) is 11.8. The lowest BCUT2D eigenvalue weighted by molar-refractivity contribution is -0.144. The van der Waals surface area contributed by atoms with Gasteiger partial charge in [0, 0.05) is 0 Å². The summed E-state index contributed by atoms with van der Waals surface area (Å²) in [4.78, 5) is 11.0. The molecule has 0 aliphatic carbocycles. The molecule has 0 aromatic heterocycles. The summed E-state index contributed by atoms with van der Waals surface area (Å²) in [6, 6.07) is 0. The summed E-state index contributed by atoms with van der Waals surface area (Å²) < 4.78 is 20.8. The van der Waals surface area contributed by atoms with Gasteiger partial charge in [0.25, 0.3) is 0 Å². The van der Waals surface area contributed by atoms with Gasteiger partial charge >= 0.3 is 5.97 Å². The Morgan fingerprint density at radius 1 is 1.00 bits per heavy atom. The molecule has 0 aliphatic rings. The lowest BCUT2D eigenvalue weighted by Gasteiger charge is -2.10. The summed E-state index contributed by atoms with van der Waals surface area (Å²) in [5.41, 5.74) is 0. The summed E-state index contributed by atoms with van der Waals surface area (Å²) in [7, 11) is 0. The van der Waals surface area contributed by atoms with Crippen LogP contribution in [0, 0.1) is 0 Å². The van der Waals surface area contributed by atoms with Crippen LogP contribution in [0.2, 0.25) is 0 Å². The predicted molar refractivity (Wildman–Crippen MR) is 68.6 cm³/mol. The molecule has 5 heteroatoms. The van der Waals surface area contributed by atoms with Gasteiger partial charge in [-0.15, -0.1) is 0 Å². The van der Waals surface area contributed by atoms with Crippen LogP contribution in [0.5, 0.6) is 0 Å². The van der Waals surface area contributed by atoms with Gasteiger partial charge in [0.15, 0.2) is 0 Å². The van der Waals surface area contributed by atoms with Crippen molar-refractivity contribution in [2.75, 3.05) is 39.6 Å². The van der Waals surface area contributed by atoms with E-state index in [2.05, 4.69) is 6.92 Å². The Kier molecular flexibility index (Phi) is 12.3. The second-order valence-electron chi connectivity index (χ2n) is 3.87. The average molecular weight is 262 g/mol. The van der Waals surface area contributed by atoms with Gasteiger partial charge < -0.3 is 18.9 Å². The van der Waals surface area contributed by atoms with E-state index in [1.165, 1.54) is 0 Å². The highest BCUT2D eigenvalue weighted by molar-refractivity contribution is 5.69. The molecule has 108 valence electrons. The molecule has 0 bridgehead atoms. The van der Waals surface area contributed by atoms with Crippen LogP contribution in [-0.4, -0.2) is 51.7 Å². The van der Waals surface area contributed by atoms with Gasteiger partial charge in [-0.05, 0) is 20.3 Å². The molecule has 0 aliphatic heterocycles. The molecule has 5 nitrogen and oxygen atoms in total. The number of hydrogen-bond donors (Lipinski definition) is 0. The van der Waals surface area contributed by atoms with Crippen LogP contribution >= 0.6 is 0 Å². The van der Waals surface area contributed by atoms with E-state index in [4.69, 9.17) is 18.9 Å². The van der Waals surface area contributed by atoms with Gasteiger partial charge in [-0.2, -0.15) is 0 Å². The van der Waals surface area contributed by atoms with E-state index in [1.807, 2.05) is 6.92 Å². The Bertz CT molecular complexity index is 196. The summed E-state index contributed by atoms with van der Waals surface area (Å²) in [6.45, 7) is 8.90. The van der Waals surface area contributed by atoms with Crippen molar-refractivity contribution in [2.45, 2.75) is 39.7 Å². The van der Waals surface area contributed by atoms with Crippen molar-refractivity contribution >= 4 is 5.97 Å². The fourth-order valence-corrected chi connectivity index (χ4v) is 1.14. The molecule has 0 saturated carbocycles. The van der Waals surface area contributed by atoms with Gasteiger partial charge in [0.2, 0.25) is 0 Å². The van der Waals surface area contributed by atoms with Crippen molar-refractivity contribution in [3.05, 3.63) is 0 Å².